The smallest absolute Gasteiger partial charge is 0.326 e. The van der Waals surface area contributed by atoms with Gasteiger partial charge in [-0.3, -0.25) is 62.9 Å². The van der Waals surface area contributed by atoms with Gasteiger partial charge in [0.2, 0.25) is 53.2 Å². The standard InChI is InChI=1S/C51H82N14O18S/c1-26(2)40(65-46(78)32(16-18-38(69)70)59-42(74)29(53)25-66)49(81)61-30(13-8-9-20-52)43(75)60-33(19-22-84-4)45(77)64-36(24-39(71)72)47(79)57-27(3)41(73)58-31(15-17-37(67)68)44(76)63-35(23-28-11-6-5-7-12-28)48(80)62-34(50(82)83)14-10-21-56-51(54)55/h5-7,11-12,26-27,29-36,40,66H,8-10,13-25,52-53H2,1-4H3,(H,57,79)(H,58,73)(H,59,74)(H,60,75)(H,61,81)(H,62,80)(H,63,76)(H,64,77)(H,65,78)(H,67,68)(H,69,70)(H,71,72)(H,82,83)(H4,54,55,56)/t27-,29-,30-,31-,32-,33-,34-,35-,36-,40-/m0/s1. The molecule has 0 bridgehead atoms. The number of carboxylic acid groups (broad SMARTS) is 4. The molecule has 1 aromatic rings. The van der Waals surface area contributed by atoms with E-state index in [4.69, 9.17) is 22.6 Å². The molecular formula is C51H82N14O18S. The van der Waals surface area contributed by atoms with E-state index in [0.717, 1.165) is 6.92 Å². The van der Waals surface area contributed by atoms with E-state index in [1.807, 2.05) is 0 Å². The molecule has 0 spiro atoms. The summed E-state index contributed by atoms with van der Waals surface area (Å²) in [5, 5.41) is 79.0. The number of carbonyl (C=O) groups excluding carboxylic acids is 9. The van der Waals surface area contributed by atoms with Crippen LogP contribution in [0.2, 0.25) is 0 Å². The van der Waals surface area contributed by atoms with Crippen molar-refractivity contribution in [3.63, 3.8) is 0 Å². The molecule has 22 N–H and O–H groups in total. The molecule has 0 radical (unpaired) electrons. The molecule has 0 saturated heterocycles. The van der Waals surface area contributed by atoms with Crippen LogP contribution in [0.1, 0.15) is 97.0 Å². The Morgan fingerprint density at radius 2 is 0.988 bits per heavy atom. The number of hydrogen-bond donors (Lipinski definition) is 19. The summed E-state index contributed by atoms with van der Waals surface area (Å²) >= 11 is 1.24. The van der Waals surface area contributed by atoms with Gasteiger partial charge in [-0.1, -0.05) is 44.2 Å². The van der Waals surface area contributed by atoms with Crippen LogP contribution in [0.5, 0.6) is 0 Å². The minimum atomic E-state index is -1.93. The Hall–Kier alpha value is -8.17. The third-order valence-electron chi connectivity index (χ3n) is 12.4. The fraction of sp³-hybridized carbons (Fsp3) is 0.608. The van der Waals surface area contributed by atoms with Crippen molar-refractivity contribution in [1.29, 1.82) is 5.41 Å². The van der Waals surface area contributed by atoms with E-state index in [0.29, 0.717) is 12.0 Å². The number of unbranched alkanes of at least 4 members (excludes halogenated alkanes) is 1. The van der Waals surface area contributed by atoms with Gasteiger partial charge in [-0.05, 0) is 88.3 Å². The third kappa shape index (κ3) is 29.2. The molecule has 0 heterocycles. The Bertz CT molecular complexity index is 2420. The summed E-state index contributed by atoms with van der Waals surface area (Å²) in [5.74, 6) is -15.9. The normalized spacial score (nSPS) is 14.5. The highest BCUT2D eigenvalue weighted by Crippen LogP contribution is 2.12. The summed E-state index contributed by atoms with van der Waals surface area (Å²) in [6.07, 6.45) is -1.44. The second kappa shape index (κ2) is 39.3. The first-order valence-electron chi connectivity index (χ1n) is 26.8. The first-order chi connectivity index (χ1) is 39.5. The highest BCUT2D eigenvalue weighted by molar-refractivity contribution is 7.98. The second-order valence-corrected chi connectivity index (χ2v) is 20.7. The predicted octanol–water partition coefficient (Wildman–Crippen LogP) is -4.98. The zero-order chi connectivity index (χ0) is 63.6. The van der Waals surface area contributed by atoms with Crippen molar-refractivity contribution in [2.24, 2.45) is 23.1 Å². The molecule has 10 atom stereocenters. The quantitative estimate of drug-likeness (QED) is 0.0166. The summed E-state index contributed by atoms with van der Waals surface area (Å²) < 4.78 is 0. The average Bonchev–Trinajstić information content (AvgIpc) is 3.59. The van der Waals surface area contributed by atoms with Crippen molar-refractivity contribution in [3.05, 3.63) is 35.9 Å². The lowest BCUT2D eigenvalue weighted by Crippen LogP contribution is -2.61. The minimum absolute atomic E-state index is 0.0661. The number of hydrogen-bond acceptors (Lipinski definition) is 18. The van der Waals surface area contributed by atoms with Crippen molar-refractivity contribution in [1.82, 2.24) is 53.2 Å². The summed E-state index contributed by atoms with van der Waals surface area (Å²) in [5.41, 5.74) is 17.0. The van der Waals surface area contributed by atoms with Crippen LogP contribution in [0.4, 0.5) is 0 Å². The Morgan fingerprint density at radius 3 is 1.49 bits per heavy atom. The summed E-state index contributed by atoms with van der Waals surface area (Å²) in [7, 11) is 0. The number of aliphatic carboxylic acids is 4. The Balaban J connectivity index is 3.43. The van der Waals surface area contributed by atoms with Crippen LogP contribution in [-0.2, 0) is 68.7 Å². The molecule has 0 saturated carbocycles. The average molecular weight is 1210 g/mol. The highest BCUT2D eigenvalue weighted by atomic mass is 32.2. The molecule has 32 nitrogen and oxygen atoms in total. The molecule has 9 amide bonds. The van der Waals surface area contributed by atoms with Gasteiger partial charge in [-0.25, -0.2) is 4.79 Å². The number of aliphatic hydroxyl groups excluding tert-OH is 1. The first kappa shape index (κ1) is 73.8. The highest BCUT2D eigenvalue weighted by Gasteiger charge is 2.36. The second-order valence-electron chi connectivity index (χ2n) is 19.7. The Kier molecular flexibility index (Phi) is 34.6. The van der Waals surface area contributed by atoms with Crippen molar-refractivity contribution < 1.29 is 87.9 Å². The monoisotopic (exact) mass is 1210 g/mol. The minimum Gasteiger partial charge on any atom is -0.481 e. The van der Waals surface area contributed by atoms with Crippen molar-refractivity contribution in [2.45, 2.75) is 158 Å². The summed E-state index contributed by atoms with van der Waals surface area (Å²) in [6, 6.07) is -7.37. The van der Waals surface area contributed by atoms with Gasteiger partial charge in [-0.15, -0.1) is 0 Å². The van der Waals surface area contributed by atoms with Crippen LogP contribution in [-0.4, -0.2) is 201 Å². The van der Waals surface area contributed by atoms with Crippen molar-refractivity contribution in [2.75, 3.05) is 31.7 Å². The number of benzene rings is 1. The number of carbonyl (C=O) groups is 13. The van der Waals surface area contributed by atoms with Crippen molar-refractivity contribution >= 4 is 94.8 Å². The van der Waals surface area contributed by atoms with Gasteiger partial charge in [0, 0.05) is 25.8 Å². The lowest BCUT2D eigenvalue weighted by atomic mass is 10.0. The van der Waals surface area contributed by atoms with E-state index >= 15 is 0 Å². The van der Waals surface area contributed by atoms with E-state index in [9.17, 15) is 87.9 Å². The lowest BCUT2D eigenvalue weighted by molar-refractivity contribution is -0.143. The predicted molar refractivity (Wildman–Crippen MR) is 302 cm³/mol. The zero-order valence-electron chi connectivity index (χ0n) is 47.2. The Morgan fingerprint density at radius 1 is 0.536 bits per heavy atom. The van der Waals surface area contributed by atoms with Gasteiger partial charge < -0.3 is 95.9 Å². The van der Waals surface area contributed by atoms with Crippen LogP contribution < -0.4 is 70.4 Å². The number of thioether (sulfide) groups is 1. The first-order valence-corrected chi connectivity index (χ1v) is 28.2. The largest absolute Gasteiger partial charge is 0.481 e. The third-order valence-corrected chi connectivity index (χ3v) is 13.1. The molecule has 470 valence electrons. The number of aliphatic hydroxyl groups is 1. The molecule has 1 aromatic carbocycles. The van der Waals surface area contributed by atoms with E-state index in [1.54, 1.807) is 36.6 Å². The molecule has 0 aliphatic rings. The molecule has 1 rings (SSSR count). The maximum Gasteiger partial charge on any atom is 0.326 e. The van der Waals surface area contributed by atoms with Gasteiger partial charge in [-0.2, -0.15) is 11.8 Å². The summed E-state index contributed by atoms with van der Waals surface area (Å²) in [6.45, 7) is 3.67. The topological polar surface area (TPSA) is 545 Å². The summed E-state index contributed by atoms with van der Waals surface area (Å²) in [4.78, 5) is 170. The van der Waals surface area contributed by atoms with Crippen LogP contribution >= 0.6 is 11.8 Å². The zero-order valence-corrected chi connectivity index (χ0v) is 48.1. The van der Waals surface area contributed by atoms with Crippen LogP contribution in [0, 0.1) is 11.3 Å². The van der Waals surface area contributed by atoms with E-state index in [1.165, 1.54) is 25.6 Å². The molecular weight excluding hydrogens is 1130 g/mol. The molecule has 84 heavy (non-hydrogen) atoms. The van der Waals surface area contributed by atoms with Gasteiger partial charge >= 0.3 is 23.9 Å². The van der Waals surface area contributed by atoms with Crippen molar-refractivity contribution in [3.8, 4) is 0 Å². The molecule has 0 aliphatic carbocycles. The maximum absolute atomic E-state index is 14.1. The van der Waals surface area contributed by atoms with Crippen LogP contribution in [0.15, 0.2) is 30.3 Å². The van der Waals surface area contributed by atoms with Gasteiger partial charge in [0.25, 0.3) is 0 Å². The number of carboxylic acids is 4. The lowest BCUT2D eigenvalue weighted by Gasteiger charge is -2.28. The van der Waals surface area contributed by atoms with Gasteiger partial charge in [0.05, 0.1) is 13.0 Å². The van der Waals surface area contributed by atoms with Crippen LogP contribution in [0.25, 0.3) is 0 Å². The van der Waals surface area contributed by atoms with Gasteiger partial charge in [0.1, 0.15) is 60.4 Å². The number of nitrogens with one attached hydrogen (secondary N) is 11. The molecule has 0 fully saturated rings. The van der Waals surface area contributed by atoms with Crippen LogP contribution in [0.3, 0.4) is 0 Å². The molecule has 0 unspecified atom stereocenters. The molecule has 0 aliphatic heterocycles. The number of rotatable bonds is 42. The number of nitrogens with two attached hydrogens (primary N) is 3. The van der Waals surface area contributed by atoms with E-state index in [-0.39, 0.29) is 63.3 Å². The fourth-order valence-electron chi connectivity index (χ4n) is 7.75. The molecule has 33 heteroatoms. The fourth-order valence-corrected chi connectivity index (χ4v) is 8.22. The van der Waals surface area contributed by atoms with E-state index in [2.05, 4.69) is 53.2 Å². The SMILES string of the molecule is CSCC[C@H](NC(=O)[C@H](CCCCN)NC(=O)[C@@H](NC(=O)[C@H](CCC(=O)O)NC(=O)[C@@H](N)CO)C(C)C)C(=O)N[C@@H](CC(=O)O)C(=O)N[C@@H](C)C(=O)N[C@@H](CCC(=O)O)C(=O)N[C@@H](Cc1ccccc1)C(=O)N[C@@H](CCCNC(=N)N)C(=O)O. The number of amides is 9. The molecule has 0 aromatic heterocycles. The maximum atomic E-state index is 14.1. The van der Waals surface area contributed by atoms with E-state index < -0.39 is 182 Å². The Labute approximate surface area is 488 Å². The number of guanidine groups is 1. The van der Waals surface area contributed by atoms with Gasteiger partial charge in [0.15, 0.2) is 5.96 Å².